The first-order valence-electron chi connectivity index (χ1n) is 4.96. The largest absolute Gasteiger partial charge is 0.361 e. The number of nitrogens with zero attached hydrogens (tertiary/aromatic N) is 1. The number of thiophene rings is 1. The number of halogens is 1. The minimum absolute atomic E-state index is 0.615. The Hall–Kier alpha value is -0.0000000000000000278. The number of aliphatic imine (C=N–C) groups is 1. The van der Waals surface area contributed by atoms with Crippen molar-refractivity contribution in [1.82, 2.24) is 5.32 Å². The molecule has 1 N–H and O–H groups in total. The molecule has 82 valence electrons. The van der Waals surface area contributed by atoms with Gasteiger partial charge in [-0.25, -0.2) is 0 Å². The Labute approximate surface area is 107 Å². The molecule has 5 heteroatoms. The zero-order valence-electron chi connectivity index (χ0n) is 8.50. The fourth-order valence-electron chi connectivity index (χ4n) is 1.34. The Morgan fingerprint density at radius 1 is 1.60 bits per heavy atom. The van der Waals surface area contributed by atoms with Crippen LogP contribution in [0.3, 0.4) is 0 Å². The van der Waals surface area contributed by atoms with Gasteiger partial charge < -0.3 is 5.32 Å². The summed E-state index contributed by atoms with van der Waals surface area (Å²) in [5.41, 5.74) is 0. The van der Waals surface area contributed by atoms with E-state index in [9.17, 15) is 0 Å². The van der Waals surface area contributed by atoms with Crippen molar-refractivity contribution in [2.75, 3.05) is 5.75 Å². The van der Waals surface area contributed by atoms with Gasteiger partial charge >= 0.3 is 0 Å². The molecule has 0 aliphatic carbocycles. The topological polar surface area (TPSA) is 24.4 Å². The van der Waals surface area contributed by atoms with E-state index in [0.29, 0.717) is 6.04 Å². The summed E-state index contributed by atoms with van der Waals surface area (Å²) >= 11 is 7.04. The molecule has 0 bridgehead atoms. The molecule has 1 saturated heterocycles. The van der Waals surface area contributed by atoms with E-state index >= 15 is 0 Å². The molecule has 2 rings (SSSR count). The molecule has 2 heterocycles. The number of amidine groups is 1. The van der Waals surface area contributed by atoms with Gasteiger partial charge in [-0.1, -0.05) is 18.7 Å². The van der Waals surface area contributed by atoms with Gasteiger partial charge in [0, 0.05) is 16.7 Å². The molecular formula is C10H13BrN2S2. The molecule has 0 spiro atoms. The molecule has 1 atom stereocenters. The van der Waals surface area contributed by atoms with E-state index in [4.69, 9.17) is 0 Å². The van der Waals surface area contributed by atoms with Crippen LogP contribution in [0.2, 0.25) is 0 Å². The molecule has 1 fully saturated rings. The smallest absolute Gasteiger partial charge is 0.157 e. The summed E-state index contributed by atoms with van der Waals surface area (Å²) in [6.07, 6.45) is 1.18. The van der Waals surface area contributed by atoms with Gasteiger partial charge in [-0.15, -0.1) is 11.3 Å². The molecule has 1 aromatic heterocycles. The SMILES string of the molecule is CCC1CSC(=NCc2ccc(Br)s2)N1. The molecule has 0 saturated carbocycles. The Bertz CT molecular complexity index is 362. The number of nitrogens with one attached hydrogen (secondary N) is 1. The Balaban J connectivity index is 1.89. The summed E-state index contributed by atoms with van der Waals surface area (Å²) < 4.78 is 1.18. The van der Waals surface area contributed by atoms with E-state index < -0.39 is 0 Å². The standard InChI is InChI=1S/C10H13BrN2S2/c1-2-7-6-14-10(13-7)12-5-8-3-4-9(11)15-8/h3-4,7H,2,5-6H2,1H3,(H,12,13). The highest BCUT2D eigenvalue weighted by atomic mass is 79.9. The monoisotopic (exact) mass is 304 g/mol. The van der Waals surface area contributed by atoms with Crippen molar-refractivity contribution >= 4 is 44.2 Å². The van der Waals surface area contributed by atoms with Crippen LogP contribution in [0.4, 0.5) is 0 Å². The van der Waals surface area contributed by atoms with Crippen LogP contribution in [0, 0.1) is 0 Å². The molecule has 1 aromatic rings. The van der Waals surface area contributed by atoms with Crippen LogP contribution in [-0.2, 0) is 6.54 Å². The van der Waals surface area contributed by atoms with E-state index in [0.717, 1.165) is 17.5 Å². The van der Waals surface area contributed by atoms with Crippen molar-refractivity contribution in [3.63, 3.8) is 0 Å². The number of hydrogen-bond donors (Lipinski definition) is 1. The fourth-order valence-corrected chi connectivity index (χ4v) is 3.83. The van der Waals surface area contributed by atoms with Gasteiger partial charge in [0.15, 0.2) is 5.17 Å². The lowest BCUT2D eigenvalue weighted by atomic mass is 10.3. The Kier molecular flexibility index (Phi) is 4.11. The van der Waals surface area contributed by atoms with Crippen LogP contribution in [-0.4, -0.2) is 17.0 Å². The molecule has 0 radical (unpaired) electrons. The van der Waals surface area contributed by atoms with E-state index in [1.54, 1.807) is 11.3 Å². The normalized spacial score (nSPS) is 23.3. The maximum absolute atomic E-state index is 4.56. The van der Waals surface area contributed by atoms with Gasteiger partial charge in [0.05, 0.1) is 10.3 Å². The molecule has 0 aromatic carbocycles. The van der Waals surface area contributed by atoms with Crippen LogP contribution in [0.1, 0.15) is 18.2 Å². The predicted octanol–water partition coefficient (Wildman–Crippen LogP) is 3.48. The van der Waals surface area contributed by atoms with E-state index in [1.807, 2.05) is 11.8 Å². The summed E-state index contributed by atoms with van der Waals surface area (Å²) in [6.45, 7) is 3.00. The first kappa shape index (κ1) is 11.5. The van der Waals surface area contributed by atoms with Crippen molar-refractivity contribution in [3.05, 3.63) is 20.8 Å². The molecule has 15 heavy (non-hydrogen) atoms. The first-order chi connectivity index (χ1) is 7.28. The maximum atomic E-state index is 4.56. The highest BCUT2D eigenvalue weighted by Crippen LogP contribution is 2.23. The van der Waals surface area contributed by atoms with Gasteiger partial charge in [0.1, 0.15) is 0 Å². The van der Waals surface area contributed by atoms with Crippen LogP contribution >= 0.6 is 39.0 Å². The van der Waals surface area contributed by atoms with Crippen molar-refractivity contribution in [1.29, 1.82) is 0 Å². The molecule has 2 nitrogen and oxygen atoms in total. The number of rotatable bonds is 3. The third kappa shape index (κ3) is 3.23. The van der Waals surface area contributed by atoms with E-state index in [1.165, 1.54) is 15.1 Å². The average Bonchev–Trinajstić information content (AvgIpc) is 2.83. The Morgan fingerprint density at radius 2 is 2.47 bits per heavy atom. The van der Waals surface area contributed by atoms with Crippen LogP contribution in [0.25, 0.3) is 0 Å². The lowest BCUT2D eigenvalue weighted by Gasteiger charge is -2.04. The molecule has 0 amide bonds. The minimum Gasteiger partial charge on any atom is -0.361 e. The predicted molar refractivity (Wildman–Crippen MR) is 72.8 cm³/mol. The highest BCUT2D eigenvalue weighted by molar-refractivity contribution is 9.11. The Morgan fingerprint density at radius 3 is 3.07 bits per heavy atom. The quantitative estimate of drug-likeness (QED) is 0.924. The van der Waals surface area contributed by atoms with Crippen molar-refractivity contribution in [2.45, 2.75) is 25.9 Å². The van der Waals surface area contributed by atoms with Crippen LogP contribution in [0.5, 0.6) is 0 Å². The molecule has 1 aliphatic heterocycles. The first-order valence-corrected chi connectivity index (χ1v) is 7.55. The second-order valence-corrected chi connectivity index (χ2v) is 6.94. The van der Waals surface area contributed by atoms with Crippen LogP contribution in [0.15, 0.2) is 20.9 Å². The van der Waals surface area contributed by atoms with Gasteiger partial charge in [0.2, 0.25) is 0 Å². The summed E-state index contributed by atoms with van der Waals surface area (Å²) in [4.78, 5) is 5.87. The number of hydrogen-bond acceptors (Lipinski definition) is 3. The molecule has 1 aliphatic rings. The van der Waals surface area contributed by atoms with Crippen LogP contribution < -0.4 is 5.32 Å². The number of thioether (sulfide) groups is 1. The summed E-state index contributed by atoms with van der Waals surface area (Å²) in [7, 11) is 0. The minimum atomic E-state index is 0.615. The second-order valence-electron chi connectivity index (χ2n) is 3.39. The highest BCUT2D eigenvalue weighted by Gasteiger charge is 2.17. The summed E-state index contributed by atoms with van der Waals surface area (Å²) in [6, 6.07) is 4.81. The van der Waals surface area contributed by atoms with Gasteiger partial charge in [0.25, 0.3) is 0 Å². The van der Waals surface area contributed by atoms with Gasteiger partial charge in [-0.05, 0) is 34.5 Å². The van der Waals surface area contributed by atoms with Gasteiger partial charge in [-0.3, -0.25) is 4.99 Å². The summed E-state index contributed by atoms with van der Waals surface area (Å²) in [5.74, 6) is 1.16. The lowest BCUT2D eigenvalue weighted by Crippen LogP contribution is -2.25. The summed E-state index contributed by atoms with van der Waals surface area (Å²) in [5, 5.41) is 4.53. The van der Waals surface area contributed by atoms with E-state index in [2.05, 4.69) is 45.3 Å². The zero-order chi connectivity index (χ0) is 10.7. The second kappa shape index (κ2) is 5.37. The third-order valence-electron chi connectivity index (χ3n) is 2.25. The zero-order valence-corrected chi connectivity index (χ0v) is 11.7. The molecular weight excluding hydrogens is 292 g/mol. The van der Waals surface area contributed by atoms with E-state index in [-0.39, 0.29) is 0 Å². The fraction of sp³-hybridized carbons (Fsp3) is 0.500. The third-order valence-corrected chi connectivity index (χ3v) is 4.95. The average molecular weight is 305 g/mol. The molecule has 1 unspecified atom stereocenters. The van der Waals surface area contributed by atoms with Crippen molar-refractivity contribution < 1.29 is 0 Å². The van der Waals surface area contributed by atoms with Gasteiger partial charge in [-0.2, -0.15) is 0 Å². The van der Waals surface area contributed by atoms with Crippen molar-refractivity contribution in [3.8, 4) is 0 Å². The maximum Gasteiger partial charge on any atom is 0.157 e. The van der Waals surface area contributed by atoms with Crippen molar-refractivity contribution in [2.24, 2.45) is 4.99 Å². The lowest BCUT2D eigenvalue weighted by molar-refractivity contribution is 0.667.